The fourth-order valence-electron chi connectivity index (χ4n) is 1.66. The first-order valence-electron chi connectivity index (χ1n) is 5.87. The van der Waals surface area contributed by atoms with Crippen LogP contribution in [0.15, 0.2) is 29.3 Å². The molecule has 2 rings (SSSR count). The number of nitrogens with two attached hydrogens (primary N) is 1. The van der Waals surface area contributed by atoms with Crippen molar-refractivity contribution in [3.63, 3.8) is 0 Å². The molecule has 1 aromatic carbocycles. The summed E-state index contributed by atoms with van der Waals surface area (Å²) in [5.41, 5.74) is 7.05. The number of aliphatic imine (C=N–C) groups is 1. The van der Waals surface area contributed by atoms with E-state index < -0.39 is 0 Å². The van der Waals surface area contributed by atoms with Crippen LogP contribution in [0.4, 0.5) is 0 Å². The van der Waals surface area contributed by atoms with E-state index >= 15 is 0 Å². The predicted molar refractivity (Wildman–Crippen MR) is 69.1 cm³/mol. The second kappa shape index (κ2) is 5.08. The van der Waals surface area contributed by atoms with Crippen LogP contribution in [-0.4, -0.2) is 31.1 Å². The van der Waals surface area contributed by atoms with Crippen molar-refractivity contribution in [3.05, 3.63) is 29.8 Å². The Hall–Kier alpha value is -1.71. The summed E-state index contributed by atoms with van der Waals surface area (Å²) >= 11 is 0. The van der Waals surface area contributed by atoms with Crippen molar-refractivity contribution < 1.29 is 4.74 Å². The molecule has 0 saturated heterocycles. The lowest BCUT2D eigenvalue weighted by Gasteiger charge is -2.19. The molecule has 1 aromatic rings. The topological polar surface area (TPSA) is 50.9 Å². The highest BCUT2D eigenvalue weighted by Crippen LogP contribution is 2.24. The van der Waals surface area contributed by atoms with Gasteiger partial charge >= 0.3 is 0 Å². The predicted octanol–water partition coefficient (Wildman–Crippen LogP) is 1.60. The monoisotopic (exact) mass is 233 g/mol. The second-order valence-corrected chi connectivity index (χ2v) is 4.39. The third-order valence-electron chi connectivity index (χ3n) is 2.85. The number of hydrogen-bond acceptors (Lipinski definition) is 2. The fraction of sp³-hybridized carbons (Fsp3) is 0.462. The fourth-order valence-corrected chi connectivity index (χ4v) is 1.66. The van der Waals surface area contributed by atoms with E-state index in [0.717, 1.165) is 11.3 Å². The summed E-state index contributed by atoms with van der Waals surface area (Å²) < 4.78 is 5.31. The van der Waals surface area contributed by atoms with Crippen molar-refractivity contribution in [1.82, 2.24) is 4.90 Å². The zero-order chi connectivity index (χ0) is 12.3. The Morgan fingerprint density at radius 2 is 2.18 bits per heavy atom. The lowest BCUT2D eigenvalue weighted by atomic mass is 10.2. The van der Waals surface area contributed by atoms with Crippen LogP contribution in [-0.2, 0) is 6.54 Å². The Morgan fingerprint density at radius 3 is 2.82 bits per heavy atom. The van der Waals surface area contributed by atoms with Crippen molar-refractivity contribution >= 4 is 5.96 Å². The molecule has 0 spiro atoms. The molecule has 2 N–H and O–H groups in total. The zero-order valence-corrected chi connectivity index (χ0v) is 10.4. The highest BCUT2D eigenvalue weighted by Gasteiger charge is 2.21. The molecule has 1 aliphatic rings. The normalized spacial score (nSPS) is 15.8. The lowest BCUT2D eigenvalue weighted by Crippen LogP contribution is -2.33. The molecule has 1 saturated carbocycles. The van der Waals surface area contributed by atoms with Crippen LogP contribution in [0.5, 0.6) is 5.75 Å². The Balaban J connectivity index is 2.03. The Bertz CT molecular complexity index is 413. The Morgan fingerprint density at radius 1 is 1.47 bits per heavy atom. The Kier molecular flexibility index (Phi) is 3.52. The largest absolute Gasteiger partial charge is 0.496 e. The summed E-state index contributed by atoms with van der Waals surface area (Å²) in [6.45, 7) is 0.714. The molecule has 1 aliphatic carbocycles. The molecule has 0 radical (unpaired) electrons. The quantitative estimate of drug-likeness (QED) is 0.635. The zero-order valence-electron chi connectivity index (χ0n) is 10.4. The van der Waals surface area contributed by atoms with Gasteiger partial charge in [-0.1, -0.05) is 18.2 Å². The smallest absolute Gasteiger partial charge is 0.191 e. The number of methoxy groups -OCH3 is 1. The van der Waals surface area contributed by atoms with Gasteiger partial charge < -0.3 is 15.4 Å². The molecule has 0 aromatic heterocycles. The maximum Gasteiger partial charge on any atom is 0.191 e. The van der Waals surface area contributed by atoms with Crippen LogP contribution in [0.2, 0.25) is 0 Å². The summed E-state index contributed by atoms with van der Waals surface area (Å²) in [7, 11) is 3.63. The van der Waals surface area contributed by atoms with Gasteiger partial charge in [0.2, 0.25) is 0 Å². The van der Waals surface area contributed by atoms with Crippen molar-refractivity contribution in [2.45, 2.75) is 25.4 Å². The second-order valence-electron chi connectivity index (χ2n) is 4.39. The van der Waals surface area contributed by atoms with Gasteiger partial charge in [-0.05, 0) is 18.9 Å². The maximum atomic E-state index is 5.93. The molecule has 0 atom stereocenters. The summed E-state index contributed by atoms with van der Waals surface area (Å²) in [4.78, 5) is 6.37. The maximum absolute atomic E-state index is 5.93. The number of rotatable bonds is 4. The van der Waals surface area contributed by atoms with Gasteiger partial charge in [0, 0.05) is 19.2 Å². The van der Waals surface area contributed by atoms with Crippen molar-refractivity contribution in [2.24, 2.45) is 10.7 Å². The van der Waals surface area contributed by atoms with E-state index in [1.165, 1.54) is 12.8 Å². The van der Waals surface area contributed by atoms with E-state index in [2.05, 4.69) is 4.99 Å². The van der Waals surface area contributed by atoms with Crippen molar-refractivity contribution in [1.29, 1.82) is 0 Å². The minimum Gasteiger partial charge on any atom is -0.496 e. The van der Waals surface area contributed by atoms with E-state index in [9.17, 15) is 0 Å². The molecule has 4 heteroatoms. The molecule has 1 fully saturated rings. The molecule has 0 heterocycles. The third kappa shape index (κ3) is 3.12. The van der Waals surface area contributed by atoms with Crippen molar-refractivity contribution in [2.75, 3.05) is 14.2 Å². The van der Waals surface area contributed by atoms with Crippen LogP contribution in [0.3, 0.4) is 0 Å². The third-order valence-corrected chi connectivity index (χ3v) is 2.85. The molecule has 92 valence electrons. The highest BCUT2D eigenvalue weighted by atomic mass is 16.5. The van der Waals surface area contributed by atoms with Gasteiger partial charge in [-0.2, -0.15) is 0 Å². The van der Waals surface area contributed by atoms with Crippen LogP contribution in [0, 0.1) is 0 Å². The number of guanidine groups is 1. The van der Waals surface area contributed by atoms with Crippen LogP contribution in [0.1, 0.15) is 18.4 Å². The minimum atomic E-state index is 0.454. The standard InChI is InChI=1S/C13H19N3O/c1-16(13(14)15-11-7-8-11)9-10-5-3-4-6-12(10)17-2/h3-6,11H,7-9H2,1-2H3,(H2,14,15). The van der Waals surface area contributed by atoms with Gasteiger partial charge in [0.1, 0.15) is 5.75 Å². The number of benzene rings is 1. The molecular weight excluding hydrogens is 214 g/mol. The average molecular weight is 233 g/mol. The van der Waals surface area contributed by atoms with Crippen LogP contribution >= 0.6 is 0 Å². The summed E-state index contributed by atoms with van der Waals surface area (Å²) in [6.07, 6.45) is 2.34. The van der Waals surface area contributed by atoms with Gasteiger partial charge in [-0.3, -0.25) is 0 Å². The van der Waals surface area contributed by atoms with Crippen LogP contribution in [0.25, 0.3) is 0 Å². The molecule has 0 unspecified atom stereocenters. The number of ether oxygens (including phenoxy) is 1. The van der Waals surface area contributed by atoms with E-state index in [1.54, 1.807) is 7.11 Å². The molecular formula is C13H19N3O. The molecule has 4 nitrogen and oxygen atoms in total. The van der Waals surface area contributed by atoms with Gasteiger partial charge in [-0.15, -0.1) is 0 Å². The SMILES string of the molecule is COc1ccccc1CN(C)C(N)=NC1CC1. The number of nitrogens with zero attached hydrogens (tertiary/aromatic N) is 2. The van der Waals surface area contributed by atoms with E-state index in [1.807, 2.05) is 36.2 Å². The van der Waals surface area contributed by atoms with E-state index in [0.29, 0.717) is 18.5 Å². The first kappa shape index (κ1) is 11.8. The molecule has 17 heavy (non-hydrogen) atoms. The first-order valence-corrected chi connectivity index (χ1v) is 5.87. The van der Waals surface area contributed by atoms with Gasteiger partial charge in [0.25, 0.3) is 0 Å². The minimum absolute atomic E-state index is 0.454. The van der Waals surface area contributed by atoms with E-state index in [-0.39, 0.29) is 0 Å². The molecule has 0 bridgehead atoms. The van der Waals surface area contributed by atoms with Crippen molar-refractivity contribution in [3.8, 4) is 5.75 Å². The number of para-hydroxylation sites is 1. The first-order chi connectivity index (χ1) is 8.20. The summed E-state index contributed by atoms with van der Waals surface area (Å²) in [6, 6.07) is 8.41. The van der Waals surface area contributed by atoms with Crippen LogP contribution < -0.4 is 10.5 Å². The molecule has 0 aliphatic heterocycles. The van der Waals surface area contributed by atoms with Gasteiger partial charge in [0.15, 0.2) is 5.96 Å². The molecule has 0 amide bonds. The van der Waals surface area contributed by atoms with Gasteiger partial charge in [-0.25, -0.2) is 4.99 Å². The summed E-state index contributed by atoms with van der Waals surface area (Å²) in [5, 5.41) is 0. The highest BCUT2D eigenvalue weighted by molar-refractivity contribution is 5.78. The number of hydrogen-bond donors (Lipinski definition) is 1. The van der Waals surface area contributed by atoms with E-state index in [4.69, 9.17) is 10.5 Å². The summed E-state index contributed by atoms with van der Waals surface area (Å²) in [5.74, 6) is 1.50. The average Bonchev–Trinajstić information content (AvgIpc) is 3.13. The Labute approximate surface area is 102 Å². The lowest BCUT2D eigenvalue weighted by molar-refractivity contribution is 0.397. The van der Waals surface area contributed by atoms with Gasteiger partial charge in [0.05, 0.1) is 13.2 Å².